The number of fused-ring (bicyclic) bond motifs is 1. The van der Waals surface area contributed by atoms with Crippen LogP contribution in [0.25, 0.3) is 10.8 Å². The van der Waals surface area contributed by atoms with Crippen LogP contribution in [-0.4, -0.2) is 26.3 Å². The molecule has 3 N–H and O–H groups in total. The van der Waals surface area contributed by atoms with Gasteiger partial charge in [-0.05, 0) is 11.5 Å². The van der Waals surface area contributed by atoms with Crippen LogP contribution in [0.3, 0.4) is 0 Å². The van der Waals surface area contributed by atoms with E-state index in [2.05, 4.69) is 4.98 Å². The summed E-state index contributed by atoms with van der Waals surface area (Å²) in [5, 5.41) is 28.2. The fourth-order valence-corrected chi connectivity index (χ4v) is 1.53. The number of aliphatic hydroxyl groups excluding tert-OH is 1. The molecule has 0 aliphatic heterocycles. The minimum absolute atomic E-state index is 0.0458. The van der Waals surface area contributed by atoms with E-state index in [0.717, 1.165) is 0 Å². The maximum atomic E-state index is 10.8. The van der Waals surface area contributed by atoms with Crippen LogP contribution in [0.1, 0.15) is 22.5 Å². The molecule has 0 aliphatic carbocycles. The Bertz CT molecular complexity index is 551. The van der Waals surface area contributed by atoms with Crippen LogP contribution in [-0.2, 0) is 0 Å². The van der Waals surface area contributed by atoms with Gasteiger partial charge >= 0.3 is 5.97 Å². The maximum Gasteiger partial charge on any atom is 0.354 e. The van der Waals surface area contributed by atoms with Crippen LogP contribution in [0.4, 0.5) is 0 Å². The Hall–Kier alpha value is -1.98. The molecule has 1 heterocycles. The lowest BCUT2D eigenvalue weighted by atomic mass is 10.1. The molecule has 0 bridgehead atoms. The van der Waals surface area contributed by atoms with Gasteiger partial charge in [-0.25, -0.2) is 9.78 Å². The summed E-state index contributed by atoms with van der Waals surface area (Å²) in [4.78, 5) is 14.5. The summed E-state index contributed by atoms with van der Waals surface area (Å²) < 4.78 is 0. The zero-order chi connectivity index (χ0) is 11.7. The Morgan fingerprint density at radius 1 is 1.25 bits per heavy atom. The summed E-state index contributed by atoms with van der Waals surface area (Å²) in [7, 11) is 0. The lowest BCUT2D eigenvalue weighted by Crippen LogP contribution is -2.07. The maximum absolute atomic E-state index is 10.8. The first-order valence-electron chi connectivity index (χ1n) is 4.58. The van der Waals surface area contributed by atoms with Crippen molar-refractivity contribution < 1.29 is 20.1 Å². The van der Waals surface area contributed by atoms with Crippen molar-refractivity contribution in [2.24, 2.45) is 0 Å². The lowest BCUT2D eigenvalue weighted by molar-refractivity contribution is -0.0446. The number of hydrogen-bond acceptors (Lipinski definition) is 4. The summed E-state index contributed by atoms with van der Waals surface area (Å²) in [6, 6.07) is 8.19. The van der Waals surface area contributed by atoms with Crippen LogP contribution in [0.5, 0.6) is 0 Å². The number of carboxylic acids is 1. The third-order valence-electron chi connectivity index (χ3n) is 2.23. The van der Waals surface area contributed by atoms with Crippen molar-refractivity contribution in [2.45, 2.75) is 6.29 Å². The first-order valence-corrected chi connectivity index (χ1v) is 4.58. The van der Waals surface area contributed by atoms with Gasteiger partial charge < -0.3 is 15.3 Å². The average Bonchev–Trinajstić information content (AvgIpc) is 2.27. The molecule has 0 saturated heterocycles. The quantitative estimate of drug-likeness (QED) is 0.653. The molecule has 0 atom stereocenters. The van der Waals surface area contributed by atoms with E-state index in [1.807, 2.05) is 0 Å². The molecule has 0 aliphatic rings. The van der Waals surface area contributed by atoms with E-state index in [1.165, 1.54) is 6.07 Å². The minimum Gasteiger partial charge on any atom is -0.477 e. The highest BCUT2D eigenvalue weighted by atomic mass is 16.5. The van der Waals surface area contributed by atoms with Gasteiger partial charge in [0.15, 0.2) is 6.29 Å². The first-order chi connectivity index (χ1) is 7.59. The second-order valence-electron chi connectivity index (χ2n) is 3.29. The monoisotopic (exact) mass is 219 g/mol. The van der Waals surface area contributed by atoms with Gasteiger partial charge in [-0.3, -0.25) is 0 Å². The molecule has 0 unspecified atom stereocenters. The topological polar surface area (TPSA) is 90.7 Å². The Labute approximate surface area is 90.6 Å². The number of aliphatic hydroxyl groups is 2. The summed E-state index contributed by atoms with van der Waals surface area (Å²) in [6.45, 7) is 0. The van der Waals surface area contributed by atoms with E-state index in [-0.39, 0.29) is 11.4 Å². The van der Waals surface area contributed by atoms with Crippen LogP contribution < -0.4 is 0 Å². The SMILES string of the molecule is O=C(O)c1cc2ccccc2c(C(O)O)n1. The number of hydrogen-bond donors (Lipinski definition) is 3. The summed E-state index contributed by atoms with van der Waals surface area (Å²) in [5.41, 5.74) is -0.252. The summed E-state index contributed by atoms with van der Waals surface area (Å²) >= 11 is 0. The first kappa shape index (κ1) is 10.5. The molecule has 2 aromatic rings. The Morgan fingerprint density at radius 2 is 1.94 bits per heavy atom. The number of carboxylic acid groups (broad SMARTS) is 1. The molecule has 0 radical (unpaired) electrons. The summed E-state index contributed by atoms with van der Waals surface area (Å²) in [5.74, 6) is -1.20. The molecule has 5 nitrogen and oxygen atoms in total. The zero-order valence-corrected chi connectivity index (χ0v) is 8.16. The minimum atomic E-state index is -1.79. The third kappa shape index (κ3) is 1.73. The number of nitrogens with zero attached hydrogens (tertiary/aromatic N) is 1. The molecule has 82 valence electrons. The van der Waals surface area contributed by atoms with Crippen LogP contribution in [0.2, 0.25) is 0 Å². The standard InChI is InChI=1S/C11H9NO4/c13-10(14)8-5-6-3-1-2-4-7(6)9(12-8)11(15)16/h1-5,11,15-16H,(H,13,14). The normalized spacial score (nSPS) is 10.9. The summed E-state index contributed by atoms with van der Waals surface area (Å²) in [6.07, 6.45) is -1.79. The number of aromatic carboxylic acids is 1. The van der Waals surface area contributed by atoms with Gasteiger partial charge in [0, 0.05) is 5.39 Å². The van der Waals surface area contributed by atoms with E-state index < -0.39 is 12.3 Å². The average molecular weight is 219 g/mol. The van der Waals surface area contributed by atoms with Gasteiger partial charge in [0.05, 0.1) is 0 Å². The smallest absolute Gasteiger partial charge is 0.354 e. The highest BCUT2D eigenvalue weighted by Gasteiger charge is 2.14. The number of benzene rings is 1. The van der Waals surface area contributed by atoms with Crippen LogP contribution in [0.15, 0.2) is 30.3 Å². The van der Waals surface area contributed by atoms with Gasteiger partial charge in [0.1, 0.15) is 11.4 Å². The van der Waals surface area contributed by atoms with Gasteiger partial charge in [-0.2, -0.15) is 0 Å². The van der Waals surface area contributed by atoms with E-state index in [9.17, 15) is 4.79 Å². The van der Waals surface area contributed by atoms with E-state index in [1.54, 1.807) is 24.3 Å². The lowest BCUT2D eigenvalue weighted by Gasteiger charge is -2.08. The largest absolute Gasteiger partial charge is 0.477 e. The van der Waals surface area contributed by atoms with Crippen LogP contribution >= 0.6 is 0 Å². The van der Waals surface area contributed by atoms with E-state index in [0.29, 0.717) is 10.8 Å². The molecule has 2 rings (SSSR count). The molecule has 0 fully saturated rings. The number of rotatable bonds is 2. The van der Waals surface area contributed by atoms with Crippen molar-refractivity contribution in [1.29, 1.82) is 0 Å². The fraction of sp³-hybridized carbons (Fsp3) is 0.0909. The Kier molecular flexibility index (Phi) is 2.55. The van der Waals surface area contributed by atoms with E-state index in [4.69, 9.17) is 15.3 Å². The van der Waals surface area contributed by atoms with Gasteiger partial charge in [0.25, 0.3) is 0 Å². The molecule has 1 aromatic carbocycles. The number of carbonyl (C=O) groups is 1. The van der Waals surface area contributed by atoms with Crippen molar-refractivity contribution in [1.82, 2.24) is 4.98 Å². The van der Waals surface area contributed by atoms with Gasteiger partial charge in [-0.1, -0.05) is 24.3 Å². The molecule has 0 spiro atoms. The van der Waals surface area contributed by atoms with Crippen molar-refractivity contribution >= 4 is 16.7 Å². The van der Waals surface area contributed by atoms with Crippen molar-refractivity contribution in [3.8, 4) is 0 Å². The zero-order valence-electron chi connectivity index (χ0n) is 8.16. The van der Waals surface area contributed by atoms with Crippen LogP contribution in [0, 0.1) is 0 Å². The molecular formula is C11H9NO4. The van der Waals surface area contributed by atoms with E-state index >= 15 is 0 Å². The predicted octanol–water partition coefficient (Wildman–Crippen LogP) is 0.916. The molecule has 0 amide bonds. The van der Waals surface area contributed by atoms with Crippen molar-refractivity contribution in [3.05, 3.63) is 41.7 Å². The predicted molar refractivity (Wildman–Crippen MR) is 55.9 cm³/mol. The molecule has 16 heavy (non-hydrogen) atoms. The highest BCUT2D eigenvalue weighted by Crippen LogP contribution is 2.22. The van der Waals surface area contributed by atoms with Gasteiger partial charge in [0.2, 0.25) is 0 Å². The second-order valence-corrected chi connectivity index (χ2v) is 3.29. The molecular weight excluding hydrogens is 210 g/mol. The molecule has 1 aromatic heterocycles. The highest BCUT2D eigenvalue weighted by molar-refractivity contribution is 5.93. The Balaban J connectivity index is 2.78. The number of pyridine rings is 1. The van der Waals surface area contributed by atoms with Gasteiger partial charge in [-0.15, -0.1) is 0 Å². The van der Waals surface area contributed by atoms with Crippen molar-refractivity contribution in [2.75, 3.05) is 0 Å². The number of aromatic nitrogens is 1. The molecule has 0 saturated carbocycles. The molecule has 5 heteroatoms. The second kappa shape index (κ2) is 3.88. The van der Waals surface area contributed by atoms with Crippen molar-refractivity contribution in [3.63, 3.8) is 0 Å². The third-order valence-corrected chi connectivity index (χ3v) is 2.23. The fourth-order valence-electron chi connectivity index (χ4n) is 1.53. The Morgan fingerprint density at radius 3 is 2.56 bits per heavy atom.